The predicted molar refractivity (Wildman–Crippen MR) is 113 cm³/mol. The highest BCUT2D eigenvalue weighted by molar-refractivity contribution is 8.93. The van der Waals surface area contributed by atoms with Crippen LogP contribution in [0.3, 0.4) is 0 Å². The topological polar surface area (TPSA) is 6.48 Å². The highest BCUT2D eigenvalue weighted by atomic mass is 79.9. The Bertz CT molecular complexity index is 160. The smallest absolute Gasteiger partial charge is 0.00218 e. The van der Waals surface area contributed by atoms with E-state index < -0.39 is 0 Å². The van der Waals surface area contributed by atoms with Gasteiger partial charge in [-0.2, -0.15) is 0 Å². The van der Waals surface area contributed by atoms with Crippen molar-refractivity contribution in [1.29, 1.82) is 0 Å². The molecule has 0 N–H and O–H groups in total. The van der Waals surface area contributed by atoms with Crippen molar-refractivity contribution in [3.05, 3.63) is 0 Å². The molecule has 22 heavy (non-hydrogen) atoms. The normalized spacial score (nSPS) is 18.5. The van der Waals surface area contributed by atoms with E-state index in [0.717, 1.165) is 0 Å². The molecule has 2 aliphatic rings. The largest absolute Gasteiger partial charge is 0.306 e. The number of hydrogen-bond acceptors (Lipinski definition) is 2. The second kappa shape index (κ2) is 21.9. The third-order valence-corrected chi connectivity index (χ3v) is 4.12. The number of unbranched alkanes of at least 4 members (excludes halogenated alkanes) is 3. The Labute approximate surface area is 161 Å². The van der Waals surface area contributed by atoms with Crippen LogP contribution in [0.4, 0.5) is 0 Å². The first-order chi connectivity index (χ1) is 9.70. The van der Waals surface area contributed by atoms with Crippen LogP contribution >= 0.6 is 34.0 Å². The summed E-state index contributed by atoms with van der Waals surface area (Å²) in [5, 5.41) is 0. The van der Waals surface area contributed by atoms with Gasteiger partial charge in [0.25, 0.3) is 0 Å². The maximum absolute atomic E-state index is 2.39. The lowest BCUT2D eigenvalue weighted by molar-refractivity contribution is 0.277. The van der Waals surface area contributed by atoms with Gasteiger partial charge in [0.05, 0.1) is 0 Å². The van der Waals surface area contributed by atoms with Crippen LogP contribution in [-0.2, 0) is 0 Å². The molecule has 0 saturated carbocycles. The molecule has 0 radical (unpaired) electrons. The lowest BCUT2D eigenvalue weighted by Gasteiger charge is -2.20. The molecule has 2 aliphatic heterocycles. The van der Waals surface area contributed by atoms with E-state index in [4.69, 9.17) is 0 Å². The molecular weight excluding hydrogens is 404 g/mol. The van der Waals surface area contributed by atoms with Crippen LogP contribution in [-0.4, -0.2) is 50.1 Å². The summed E-state index contributed by atoms with van der Waals surface area (Å²) in [6, 6.07) is 0. The minimum atomic E-state index is 0. The summed E-state index contributed by atoms with van der Waals surface area (Å²) in [5.41, 5.74) is 0. The highest BCUT2D eigenvalue weighted by Crippen LogP contribution is 2.05. The number of nitrogens with zero attached hydrogens (tertiary/aromatic N) is 2. The summed E-state index contributed by atoms with van der Waals surface area (Å²) in [7, 11) is 4.39. The number of hydrogen-bond donors (Lipinski definition) is 0. The Morgan fingerprint density at radius 3 is 0.955 bits per heavy atom. The molecule has 0 spiro atoms. The molecule has 2 saturated heterocycles. The Morgan fingerprint density at radius 2 is 0.818 bits per heavy atom. The average Bonchev–Trinajstić information content (AvgIpc) is 2.48. The maximum Gasteiger partial charge on any atom is -0.00218 e. The summed E-state index contributed by atoms with van der Waals surface area (Å²) < 4.78 is 0. The molecule has 2 rings (SSSR count). The lowest BCUT2D eigenvalue weighted by Crippen LogP contribution is -2.24. The zero-order chi connectivity index (χ0) is 15.1. The van der Waals surface area contributed by atoms with E-state index in [1.807, 2.05) is 0 Å². The van der Waals surface area contributed by atoms with Gasteiger partial charge in [0.2, 0.25) is 0 Å². The van der Waals surface area contributed by atoms with Gasteiger partial charge in [-0.1, -0.05) is 52.4 Å². The van der Waals surface area contributed by atoms with E-state index in [-0.39, 0.29) is 34.0 Å². The number of likely N-dealkylation sites (tertiary alicyclic amines) is 2. The summed E-state index contributed by atoms with van der Waals surface area (Å²) in [6.07, 6.45) is 14.1. The van der Waals surface area contributed by atoms with Crippen molar-refractivity contribution in [3.8, 4) is 0 Å². The minimum Gasteiger partial charge on any atom is -0.306 e. The van der Waals surface area contributed by atoms with E-state index in [9.17, 15) is 0 Å². The van der Waals surface area contributed by atoms with Crippen molar-refractivity contribution in [2.45, 2.75) is 78.1 Å². The Kier molecular flexibility index (Phi) is 27.6. The predicted octanol–water partition coefficient (Wildman–Crippen LogP) is 5.95. The van der Waals surface area contributed by atoms with E-state index in [2.05, 4.69) is 37.7 Å². The van der Waals surface area contributed by atoms with Crippen LogP contribution < -0.4 is 0 Å². The van der Waals surface area contributed by atoms with Crippen LogP contribution in [0.5, 0.6) is 0 Å². The quantitative estimate of drug-likeness (QED) is 0.495. The van der Waals surface area contributed by atoms with Gasteiger partial charge in [-0.25, -0.2) is 0 Å². The van der Waals surface area contributed by atoms with Crippen LogP contribution in [0.15, 0.2) is 0 Å². The molecule has 0 aliphatic carbocycles. The molecule has 0 bridgehead atoms. The van der Waals surface area contributed by atoms with Gasteiger partial charge in [-0.05, 0) is 66.0 Å². The first-order valence-corrected chi connectivity index (χ1v) is 9.07. The van der Waals surface area contributed by atoms with Crippen LogP contribution in [0.25, 0.3) is 0 Å². The molecule has 0 aromatic carbocycles. The number of halogens is 2. The summed E-state index contributed by atoms with van der Waals surface area (Å²) >= 11 is 0. The monoisotopic (exact) mass is 444 g/mol. The first-order valence-electron chi connectivity index (χ1n) is 9.07. The second-order valence-electron chi connectivity index (χ2n) is 6.43. The van der Waals surface area contributed by atoms with Crippen LogP contribution in [0.1, 0.15) is 78.1 Å². The number of rotatable bonds is 3. The fourth-order valence-electron chi connectivity index (χ4n) is 2.60. The SMILES string of the molecule is Br.Br.CCCCCC.CN1CCCCC1.CN1CCCCC1. The molecule has 2 nitrogen and oxygen atoms in total. The molecule has 2 fully saturated rings. The first kappa shape index (κ1) is 27.7. The average molecular weight is 446 g/mol. The van der Waals surface area contributed by atoms with Gasteiger partial charge in [0.15, 0.2) is 0 Å². The van der Waals surface area contributed by atoms with Crippen molar-refractivity contribution in [2.24, 2.45) is 0 Å². The molecule has 0 amide bonds. The molecule has 138 valence electrons. The summed E-state index contributed by atoms with van der Waals surface area (Å²) in [4.78, 5) is 4.78. The standard InChI is InChI=1S/2C6H13N.C6H14.2BrH/c2*1-7-5-3-2-4-6-7;1-3-5-6-4-2;;/h2*2-6H2,1H3;3-6H2,1-2H3;2*1H. The zero-order valence-electron chi connectivity index (χ0n) is 15.6. The molecule has 0 aromatic heterocycles. The van der Waals surface area contributed by atoms with Crippen molar-refractivity contribution in [2.75, 3.05) is 40.3 Å². The van der Waals surface area contributed by atoms with Crippen molar-refractivity contribution in [1.82, 2.24) is 9.80 Å². The van der Waals surface area contributed by atoms with Gasteiger partial charge in [0, 0.05) is 0 Å². The van der Waals surface area contributed by atoms with Gasteiger partial charge < -0.3 is 9.80 Å². The fourth-order valence-corrected chi connectivity index (χ4v) is 2.60. The van der Waals surface area contributed by atoms with Crippen LogP contribution in [0.2, 0.25) is 0 Å². The second-order valence-corrected chi connectivity index (χ2v) is 6.43. The minimum absolute atomic E-state index is 0. The van der Waals surface area contributed by atoms with Crippen LogP contribution in [0, 0.1) is 0 Å². The Morgan fingerprint density at radius 1 is 0.545 bits per heavy atom. The Hall–Kier alpha value is 0.880. The molecule has 2 heterocycles. The molecule has 0 atom stereocenters. The van der Waals surface area contributed by atoms with E-state index in [1.54, 1.807) is 0 Å². The molecular formula is C18H42Br2N2. The van der Waals surface area contributed by atoms with E-state index >= 15 is 0 Å². The van der Waals surface area contributed by atoms with Gasteiger partial charge in [0.1, 0.15) is 0 Å². The zero-order valence-corrected chi connectivity index (χ0v) is 19.0. The van der Waals surface area contributed by atoms with Gasteiger partial charge in [-0.15, -0.1) is 34.0 Å². The lowest BCUT2D eigenvalue weighted by atomic mass is 10.1. The van der Waals surface area contributed by atoms with Crippen molar-refractivity contribution >= 4 is 34.0 Å². The molecule has 0 unspecified atom stereocenters. The number of piperidine rings is 2. The van der Waals surface area contributed by atoms with Crippen molar-refractivity contribution < 1.29 is 0 Å². The van der Waals surface area contributed by atoms with E-state index in [0.29, 0.717) is 0 Å². The van der Waals surface area contributed by atoms with E-state index in [1.165, 1.54) is 90.4 Å². The third kappa shape index (κ3) is 20.9. The van der Waals surface area contributed by atoms with Crippen molar-refractivity contribution in [3.63, 3.8) is 0 Å². The third-order valence-electron chi connectivity index (χ3n) is 4.12. The van der Waals surface area contributed by atoms with Gasteiger partial charge in [-0.3, -0.25) is 0 Å². The summed E-state index contributed by atoms with van der Waals surface area (Å²) in [5.74, 6) is 0. The molecule has 4 heteroatoms. The molecule has 0 aromatic rings. The van der Waals surface area contributed by atoms with Gasteiger partial charge >= 0.3 is 0 Å². The maximum atomic E-state index is 2.39. The fraction of sp³-hybridized carbons (Fsp3) is 1.00. The highest BCUT2D eigenvalue weighted by Gasteiger charge is 2.02. The Balaban J connectivity index is -0.000000237. The summed E-state index contributed by atoms with van der Waals surface area (Å²) in [6.45, 7) is 9.74.